The van der Waals surface area contributed by atoms with E-state index >= 15 is 0 Å². The lowest BCUT2D eigenvalue weighted by atomic mass is 10.1. The minimum atomic E-state index is -0.206. The van der Waals surface area contributed by atoms with Gasteiger partial charge in [0.2, 0.25) is 0 Å². The quantitative estimate of drug-likeness (QED) is 0.385. The topological polar surface area (TPSA) is 38.3 Å². The second-order valence-electron chi connectivity index (χ2n) is 3.36. The van der Waals surface area contributed by atoms with Gasteiger partial charge < -0.3 is 10.1 Å². The van der Waals surface area contributed by atoms with Crippen LogP contribution in [0.5, 0.6) is 0 Å². The van der Waals surface area contributed by atoms with E-state index in [1.165, 1.54) is 0 Å². The third kappa shape index (κ3) is 6.34. The molecule has 1 atom stereocenters. The highest BCUT2D eigenvalue weighted by Gasteiger charge is 2.11. The second-order valence-corrected chi connectivity index (χ2v) is 3.36. The van der Waals surface area contributed by atoms with Crippen molar-refractivity contribution in [2.24, 2.45) is 5.92 Å². The van der Waals surface area contributed by atoms with Crippen molar-refractivity contribution >= 4 is 5.97 Å². The molecule has 76 valence electrons. The molecule has 1 unspecified atom stereocenters. The van der Waals surface area contributed by atoms with Crippen molar-refractivity contribution in [2.75, 3.05) is 13.1 Å². The van der Waals surface area contributed by atoms with Crippen LogP contribution in [0.25, 0.3) is 0 Å². The van der Waals surface area contributed by atoms with Gasteiger partial charge in [0.25, 0.3) is 0 Å². The van der Waals surface area contributed by atoms with E-state index in [9.17, 15) is 4.79 Å². The highest BCUT2D eigenvalue weighted by Crippen LogP contribution is 2.04. The summed E-state index contributed by atoms with van der Waals surface area (Å²) in [5, 5.41) is 2.89. The predicted octanol–water partition coefficient (Wildman–Crippen LogP) is 1.35. The molecule has 1 N–H and O–H groups in total. The van der Waals surface area contributed by atoms with E-state index in [1.54, 1.807) is 6.08 Å². The molecule has 0 radical (unpaired) electrons. The lowest BCUT2D eigenvalue weighted by Crippen LogP contribution is -2.29. The molecule has 0 saturated carbocycles. The molecular weight excluding hydrogens is 166 g/mol. The standard InChI is InChI=1S/C10H19NO2/c1-5-6-11-7-10(12)13-9(4)8(2)3/h5,8-9,11H,1,6-7H2,2-4H3. The Hall–Kier alpha value is -0.830. The highest BCUT2D eigenvalue weighted by molar-refractivity contribution is 5.71. The summed E-state index contributed by atoms with van der Waals surface area (Å²) >= 11 is 0. The Labute approximate surface area is 80.2 Å². The van der Waals surface area contributed by atoms with Crippen LogP contribution in [0.15, 0.2) is 12.7 Å². The maximum atomic E-state index is 11.1. The van der Waals surface area contributed by atoms with Gasteiger partial charge >= 0.3 is 5.97 Å². The SMILES string of the molecule is C=CCNCC(=O)OC(C)C(C)C. The Morgan fingerprint density at radius 3 is 2.62 bits per heavy atom. The maximum Gasteiger partial charge on any atom is 0.320 e. The minimum absolute atomic E-state index is 0.0157. The molecular formula is C10H19NO2. The summed E-state index contributed by atoms with van der Waals surface area (Å²) in [6.45, 7) is 10.4. The molecule has 0 aliphatic carbocycles. The van der Waals surface area contributed by atoms with Gasteiger partial charge in [-0.25, -0.2) is 0 Å². The fourth-order valence-corrected chi connectivity index (χ4v) is 0.661. The first-order chi connectivity index (χ1) is 6.07. The molecule has 0 aromatic rings. The van der Waals surface area contributed by atoms with Crippen LogP contribution in [0, 0.1) is 5.92 Å². The Kier molecular flexibility index (Phi) is 6.24. The number of ether oxygens (including phenoxy) is 1. The van der Waals surface area contributed by atoms with Crippen LogP contribution >= 0.6 is 0 Å². The molecule has 0 aliphatic heterocycles. The van der Waals surface area contributed by atoms with Crippen LogP contribution in [0.3, 0.4) is 0 Å². The van der Waals surface area contributed by atoms with Crippen LogP contribution in [0.4, 0.5) is 0 Å². The molecule has 0 amide bonds. The largest absolute Gasteiger partial charge is 0.461 e. The maximum absolute atomic E-state index is 11.1. The number of hydrogen-bond donors (Lipinski definition) is 1. The lowest BCUT2D eigenvalue weighted by molar-refractivity contribution is -0.149. The fourth-order valence-electron chi connectivity index (χ4n) is 0.661. The summed E-state index contributed by atoms with van der Waals surface area (Å²) in [7, 11) is 0. The van der Waals surface area contributed by atoms with E-state index in [0.29, 0.717) is 12.5 Å². The van der Waals surface area contributed by atoms with E-state index in [0.717, 1.165) is 0 Å². The third-order valence-electron chi connectivity index (χ3n) is 1.81. The average Bonchev–Trinajstić information content (AvgIpc) is 2.04. The van der Waals surface area contributed by atoms with Gasteiger partial charge in [0.15, 0.2) is 0 Å². The van der Waals surface area contributed by atoms with Gasteiger partial charge in [0.1, 0.15) is 6.10 Å². The van der Waals surface area contributed by atoms with E-state index in [2.05, 4.69) is 11.9 Å². The van der Waals surface area contributed by atoms with Crippen LogP contribution in [-0.4, -0.2) is 25.2 Å². The molecule has 0 aromatic heterocycles. The average molecular weight is 185 g/mol. The van der Waals surface area contributed by atoms with Crippen molar-refractivity contribution in [3.63, 3.8) is 0 Å². The number of carbonyl (C=O) groups is 1. The van der Waals surface area contributed by atoms with E-state index in [-0.39, 0.29) is 18.6 Å². The van der Waals surface area contributed by atoms with Gasteiger partial charge in [-0.3, -0.25) is 4.79 Å². The monoisotopic (exact) mass is 185 g/mol. The highest BCUT2D eigenvalue weighted by atomic mass is 16.5. The van der Waals surface area contributed by atoms with Crippen LogP contribution in [0.2, 0.25) is 0 Å². The number of esters is 1. The van der Waals surface area contributed by atoms with Crippen LogP contribution in [0.1, 0.15) is 20.8 Å². The van der Waals surface area contributed by atoms with Crippen molar-refractivity contribution in [2.45, 2.75) is 26.9 Å². The number of rotatable bonds is 6. The van der Waals surface area contributed by atoms with Crippen LogP contribution in [-0.2, 0) is 9.53 Å². The Balaban J connectivity index is 3.55. The van der Waals surface area contributed by atoms with Gasteiger partial charge in [-0.15, -0.1) is 6.58 Å². The summed E-state index contributed by atoms with van der Waals surface area (Å²) in [5.74, 6) is 0.159. The van der Waals surface area contributed by atoms with Gasteiger partial charge in [-0.05, 0) is 12.8 Å². The third-order valence-corrected chi connectivity index (χ3v) is 1.81. The number of carbonyl (C=O) groups excluding carboxylic acids is 1. The normalized spacial score (nSPS) is 12.6. The summed E-state index contributed by atoms with van der Waals surface area (Å²) in [5.41, 5.74) is 0. The van der Waals surface area contributed by atoms with Crippen LogP contribution < -0.4 is 5.32 Å². The van der Waals surface area contributed by atoms with Crippen molar-refractivity contribution in [1.82, 2.24) is 5.32 Å². The Bertz CT molecular complexity index is 166. The lowest BCUT2D eigenvalue weighted by Gasteiger charge is -2.16. The molecule has 0 aliphatic rings. The fraction of sp³-hybridized carbons (Fsp3) is 0.700. The first-order valence-corrected chi connectivity index (χ1v) is 4.59. The second kappa shape index (κ2) is 6.66. The zero-order chi connectivity index (χ0) is 10.3. The predicted molar refractivity (Wildman–Crippen MR) is 53.5 cm³/mol. The molecule has 0 rings (SSSR count). The summed E-state index contributed by atoms with van der Waals surface area (Å²) in [6, 6.07) is 0. The zero-order valence-corrected chi connectivity index (χ0v) is 8.67. The van der Waals surface area contributed by atoms with E-state index in [1.807, 2.05) is 20.8 Å². The summed E-state index contributed by atoms with van der Waals surface area (Å²) < 4.78 is 5.12. The van der Waals surface area contributed by atoms with Gasteiger partial charge in [0, 0.05) is 6.54 Å². The van der Waals surface area contributed by atoms with Crippen molar-refractivity contribution in [3.8, 4) is 0 Å². The smallest absolute Gasteiger partial charge is 0.320 e. The van der Waals surface area contributed by atoms with Crippen molar-refractivity contribution in [3.05, 3.63) is 12.7 Å². The van der Waals surface area contributed by atoms with Gasteiger partial charge in [-0.1, -0.05) is 19.9 Å². The molecule has 0 spiro atoms. The minimum Gasteiger partial charge on any atom is -0.461 e. The number of nitrogens with one attached hydrogen (secondary N) is 1. The van der Waals surface area contributed by atoms with Crippen molar-refractivity contribution in [1.29, 1.82) is 0 Å². The van der Waals surface area contributed by atoms with Gasteiger partial charge in [0.05, 0.1) is 6.54 Å². The first-order valence-electron chi connectivity index (χ1n) is 4.59. The molecule has 0 heterocycles. The molecule has 0 aromatic carbocycles. The molecule has 3 heteroatoms. The summed E-state index contributed by atoms with van der Waals surface area (Å²) in [6.07, 6.45) is 1.69. The van der Waals surface area contributed by atoms with Gasteiger partial charge in [-0.2, -0.15) is 0 Å². The Morgan fingerprint density at radius 1 is 1.54 bits per heavy atom. The molecule has 3 nitrogen and oxygen atoms in total. The van der Waals surface area contributed by atoms with E-state index < -0.39 is 0 Å². The number of hydrogen-bond acceptors (Lipinski definition) is 3. The zero-order valence-electron chi connectivity index (χ0n) is 8.67. The molecule has 0 saturated heterocycles. The first kappa shape index (κ1) is 12.2. The van der Waals surface area contributed by atoms with Crippen molar-refractivity contribution < 1.29 is 9.53 Å². The molecule has 0 bridgehead atoms. The Morgan fingerprint density at radius 2 is 2.15 bits per heavy atom. The molecule has 0 fully saturated rings. The molecule has 13 heavy (non-hydrogen) atoms. The van der Waals surface area contributed by atoms with E-state index in [4.69, 9.17) is 4.74 Å². The summed E-state index contributed by atoms with van der Waals surface area (Å²) in [4.78, 5) is 11.1.